The van der Waals surface area contributed by atoms with Crippen LogP contribution in [0.25, 0.3) is 10.2 Å². The van der Waals surface area contributed by atoms with Crippen molar-refractivity contribution in [3.8, 4) is 6.07 Å². The summed E-state index contributed by atoms with van der Waals surface area (Å²) in [5.41, 5.74) is 0.591. The van der Waals surface area contributed by atoms with Crippen molar-refractivity contribution >= 4 is 53.2 Å². The second-order valence-corrected chi connectivity index (χ2v) is 8.44. The number of sulfonamides is 1. The van der Waals surface area contributed by atoms with Gasteiger partial charge >= 0.3 is 0 Å². The highest BCUT2D eigenvalue weighted by Gasteiger charge is 2.22. The Balaban J connectivity index is 2.02. The van der Waals surface area contributed by atoms with Crippen molar-refractivity contribution < 1.29 is 12.8 Å². The number of nitrogens with one attached hydrogen (secondary N) is 2. The highest BCUT2D eigenvalue weighted by atomic mass is 79.9. The topological polar surface area (TPSA) is 85.8 Å². The molecule has 0 bridgehead atoms. The van der Waals surface area contributed by atoms with Gasteiger partial charge in [0, 0.05) is 6.20 Å². The van der Waals surface area contributed by atoms with Crippen molar-refractivity contribution in [2.75, 3.05) is 4.72 Å². The second kappa shape index (κ2) is 5.39. The van der Waals surface area contributed by atoms with E-state index >= 15 is 0 Å². The lowest BCUT2D eigenvalue weighted by atomic mass is 10.2. The molecular formula is C13H7BrFN3O2S2. The summed E-state index contributed by atoms with van der Waals surface area (Å²) >= 11 is 4.55. The number of H-pyrrole nitrogens is 1. The number of anilines is 1. The number of aromatic amines is 1. The lowest BCUT2D eigenvalue weighted by molar-refractivity contribution is 0.599. The smallest absolute Gasteiger partial charge is 0.264 e. The molecule has 0 atom stereocenters. The molecule has 0 aliphatic rings. The van der Waals surface area contributed by atoms with Crippen molar-refractivity contribution in [1.29, 1.82) is 5.26 Å². The number of rotatable bonds is 3. The minimum Gasteiger partial charge on any atom is -0.359 e. The average molecular weight is 400 g/mol. The van der Waals surface area contributed by atoms with Crippen molar-refractivity contribution in [1.82, 2.24) is 4.98 Å². The largest absolute Gasteiger partial charge is 0.359 e. The lowest BCUT2D eigenvalue weighted by Gasteiger charge is -2.07. The molecule has 1 aromatic carbocycles. The summed E-state index contributed by atoms with van der Waals surface area (Å²) in [5, 5.41) is 8.69. The Morgan fingerprint density at radius 1 is 1.36 bits per heavy atom. The average Bonchev–Trinajstić information content (AvgIpc) is 2.99. The molecular weight excluding hydrogens is 393 g/mol. The van der Waals surface area contributed by atoms with Gasteiger partial charge in [0.1, 0.15) is 10.7 Å². The molecule has 2 heterocycles. The monoisotopic (exact) mass is 399 g/mol. The van der Waals surface area contributed by atoms with Crippen LogP contribution in [0.4, 0.5) is 10.1 Å². The van der Waals surface area contributed by atoms with Crippen LogP contribution in [0.1, 0.15) is 5.56 Å². The first-order valence-electron chi connectivity index (χ1n) is 5.89. The normalized spacial score (nSPS) is 11.5. The molecule has 0 aliphatic carbocycles. The van der Waals surface area contributed by atoms with Crippen LogP contribution < -0.4 is 4.72 Å². The molecule has 22 heavy (non-hydrogen) atoms. The van der Waals surface area contributed by atoms with Crippen LogP contribution in [0.2, 0.25) is 0 Å². The van der Waals surface area contributed by atoms with Crippen molar-refractivity contribution in [3.05, 3.63) is 45.6 Å². The van der Waals surface area contributed by atoms with Gasteiger partial charge in [0.2, 0.25) is 0 Å². The number of hydrogen-bond acceptors (Lipinski definition) is 4. The van der Waals surface area contributed by atoms with E-state index in [0.717, 1.165) is 9.85 Å². The first kappa shape index (κ1) is 15.0. The number of fused-ring (bicyclic) bond motifs is 1. The predicted octanol–water partition coefficient (Wildman–Crippen LogP) is 3.80. The number of nitriles is 1. The third-order valence-electron chi connectivity index (χ3n) is 2.92. The maximum atomic E-state index is 13.8. The van der Waals surface area contributed by atoms with Crippen molar-refractivity contribution in [2.24, 2.45) is 0 Å². The Hall–Kier alpha value is -1.89. The molecule has 0 aliphatic heterocycles. The molecule has 0 saturated heterocycles. The van der Waals surface area contributed by atoms with Crippen LogP contribution in [0, 0.1) is 17.1 Å². The van der Waals surface area contributed by atoms with Gasteiger partial charge < -0.3 is 4.98 Å². The minimum atomic E-state index is -3.94. The van der Waals surface area contributed by atoms with Crippen LogP contribution in [0.5, 0.6) is 0 Å². The molecule has 9 heteroatoms. The Morgan fingerprint density at radius 2 is 2.14 bits per heavy atom. The lowest BCUT2D eigenvalue weighted by Crippen LogP contribution is -2.13. The van der Waals surface area contributed by atoms with E-state index in [0.29, 0.717) is 10.2 Å². The Labute approximate surface area is 137 Å². The third kappa shape index (κ3) is 2.61. The number of halogens is 2. The molecule has 0 saturated carbocycles. The number of aromatic nitrogens is 1. The molecule has 3 aromatic rings. The molecule has 2 aromatic heterocycles. The number of hydrogen-bond donors (Lipinski definition) is 2. The van der Waals surface area contributed by atoms with Gasteiger partial charge in [-0.3, -0.25) is 4.72 Å². The van der Waals surface area contributed by atoms with E-state index in [1.54, 1.807) is 12.1 Å². The number of nitrogens with zero attached hydrogens (tertiary/aromatic N) is 1. The zero-order chi connectivity index (χ0) is 15.9. The van der Waals surface area contributed by atoms with Gasteiger partial charge in [-0.25, -0.2) is 12.8 Å². The molecule has 0 spiro atoms. The Kier molecular flexibility index (Phi) is 3.68. The third-order valence-corrected chi connectivity index (χ3v) is 6.11. The Morgan fingerprint density at radius 3 is 2.82 bits per heavy atom. The summed E-state index contributed by atoms with van der Waals surface area (Å²) in [4.78, 5) is 2.90. The van der Waals surface area contributed by atoms with Gasteiger partial charge in [0.25, 0.3) is 10.0 Å². The summed E-state index contributed by atoms with van der Waals surface area (Å²) in [7, 11) is -3.94. The van der Waals surface area contributed by atoms with E-state index < -0.39 is 15.8 Å². The van der Waals surface area contributed by atoms with E-state index in [4.69, 9.17) is 5.26 Å². The summed E-state index contributed by atoms with van der Waals surface area (Å²) in [6.07, 6.45) is 1.36. The fourth-order valence-electron chi connectivity index (χ4n) is 1.93. The van der Waals surface area contributed by atoms with Crippen LogP contribution in [0.15, 0.2) is 39.1 Å². The second-order valence-electron chi connectivity index (χ2n) is 4.36. The minimum absolute atomic E-state index is 0.0435. The van der Waals surface area contributed by atoms with E-state index in [2.05, 4.69) is 25.6 Å². The van der Waals surface area contributed by atoms with Gasteiger partial charge in [-0.1, -0.05) is 0 Å². The van der Waals surface area contributed by atoms with E-state index in [9.17, 15) is 12.8 Å². The number of thiophene rings is 1. The van der Waals surface area contributed by atoms with Crippen LogP contribution >= 0.6 is 27.3 Å². The van der Waals surface area contributed by atoms with Crippen LogP contribution in [-0.4, -0.2) is 13.4 Å². The summed E-state index contributed by atoms with van der Waals surface area (Å²) in [6, 6.07) is 7.09. The van der Waals surface area contributed by atoms with E-state index in [1.165, 1.54) is 29.7 Å². The number of benzene rings is 1. The predicted molar refractivity (Wildman–Crippen MR) is 85.8 cm³/mol. The van der Waals surface area contributed by atoms with E-state index in [-0.39, 0.29) is 16.1 Å². The maximum absolute atomic E-state index is 13.8. The fourth-order valence-corrected chi connectivity index (χ4v) is 4.99. The van der Waals surface area contributed by atoms with Crippen molar-refractivity contribution in [2.45, 2.75) is 4.90 Å². The summed E-state index contributed by atoms with van der Waals surface area (Å²) in [5.74, 6) is -0.804. The molecule has 112 valence electrons. The van der Waals surface area contributed by atoms with Gasteiger partial charge in [0.15, 0.2) is 0 Å². The molecule has 3 rings (SSSR count). The first-order chi connectivity index (χ1) is 10.4. The zero-order valence-corrected chi connectivity index (χ0v) is 13.9. The van der Waals surface area contributed by atoms with Gasteiger partial charge in [0.05, 0.1) is 31.3 Å². The molecule has 0 fully saturated rings. The zero-order valence-electron chi connectivity index (χ0n) is 10.7. The van der Waals surface area contributed by atoms with E-state index in [1.807, 2.05) is 0 Å². The highest BCUT2D eigenvalue weighted by Crippen LogP contribution is 2.34. The molecule has 0 amide bonds. The van der Waals surface area contributed by atoms with Gasteiger partial charge in [-0.15, -0.1) is 11.3 Å². The highest BCUT2D eigenvalue weighted by molar-refractivity contribution is 9.11. The summed E-state index contributed by atoms with van der Waals surface area (Å²) < 4.78 is 42.2. The fraction of sp³-hybridized carbons (Fsp3) is 0. The van der Waals surface area contributed by atoms with Crippen molar-refractivity contribution in [3.63, 3.8) is 0 Å². The van der Waals surface area contributed by atoms with Crippen LogP contribution in [-0.2, 0) is 10.0 Å². The molecule has 0 radical (unpaired) electrons. The molecule has 2 N–H and O–H groups in total. The van der Waals surface area contributed by atoms with Gasteiger partial charge in [-0.05, 0) is 40.2 Å². The molecule has 5 nitrogen and oxygen atoms in total. The maximum Gasteiger partial charge on any atom is 0.264 e. The summed E-state index contributed by atoms with van der Waals surface area (Å²) in [6.45, 7) is 0. The molecule has 0 unspecified atom stereocenters. The SMILES string of the molecule is N#Cc1ccc(NS(=O)(=O)c2c[nH]c3cc(Br)sc23)c(F)c1. The Bertz CT molecular complexity index is 1020. The van der Waals surface area contributed by atoms with Crippen LogP contribution in [0.3, 0.4) is 0 Å². The standard InChI is InChI=1S/C13H7BrFN3O2S2/c14-12-4-10-13(21-12)11(6-17-10)22(19,20)18-9-2-1-7(5-16)3-8(9)15/h1-4,6,17-18H. The first-order valence-corrected chi connectivity index (χ1v) is 8.99. The van der Waals surface area contributed by atoms with Gasteiger partial charge in [-0.2, -0.15) is 5.26 Å². The quantitative estimate of drug-likeness (QED) is 0.701.